The fourth-order valence-electron chi connectivity index (χ4n) is 4.91. The van der Waals surface area contributed by atoms with E-state index in [-0.39, 0.29) is 6.04 Å². The van der Waals surface area contributed by atoms with Crippen molar-refractivity contribution in [2.75, 3.05) is 6.54 Å². The highest BCUT2D eigenvalue weighted by Crippen LogP contribution is 2.34. The van der Waals surface area contributed by atoms with Crippen LogP contribution in [-0.2, 0) is 11.3 Å². The summed E-state index contributed by atoms with van der Waals surface area (Å²) in [5, 5.41) is 0. The predicted molar refractivity (Wildman–Crippen MR) is 110 cm³/mol. The number of aryl methyl sites for hydroxylation is 1. The quantitative estimate of drug-likeness (QED) is 0.732. The summed E-state index contributed by atoms with van der Waals surface area (Å²) in [6.07, 6.45) is 16.2. The normalized spacial score (nSPS) is 20.6. The second-order valence-corrected chi connectivity index (χ2v) is 8.49. The summed E-state index contributed by atoms with van der Waals surface area (Å²) < 4.78 is 2.26. The molecular weight excluding hydrogens is 348 g/mol. The van der Waals surface area contributed by atoms with Crippen LogP contribution in [0.5, 0.6) is 0 Å². The average Bonchev–Trinajstić information content (AvgIpc) is 3.35. The lowest BCUT2D eigenvalue weighted by Gasteiger charge is -2.27. The SMILES string of the molecule is Cc1cnc(C2CCCN2C(=O)CCC2CCCCC2)n1Cc1cccnc1. The molecule has 0 bridgehead atoms. The van der Waals surface area contributed by atoms with Crippen LogP contribution in [0.1, 0.15) is 80.9 Å². The first-order valence-electron chi connectivity index (χ1n) is 10.9. The molecule has 3 heterocycles. The number of carbonyl (C=O) groups is 1. The molecule has 1 aliphatic carbocycles. The van der Waals surface area contributed by atoms with E-state index in [9.17, 15) is 4.79 Å². The topological polar surface area (TPSA) is 51.0 Å². The Morgan fingerprint density at radius 2 is 2.00 bits per heavy atom. The Balaban J connectivity index is 1.45. The average molecular weight is 381 g/mol. The Morgan fingerprint density at radius 1 is 1.14 bits per heavy atom. The Bertz CT molecular complexity index is 779. The van der Waals surface area contributed by atoms with E-state index in [1.165, 1.54) is 32.1 Å². The van der Waals surface area contributed by atoms with Gasteiger partial charge in [0.05, 0.1) is 12.6 Å². The number of likely N-dealkylation sites (tertiary alicyclic amines) is 1. The van der Waals surface area contributed by atoms with Crippen molar-refractivity contribution in [1.82, 2.24) is 19.4 Å². The van der Waals surface area contributed by atoms with Crippen LogP contribution in [0, 0.1) is 12.8 Å². The van der Waals surface area contributed by atoms with Gasteiger partial charge >= 0.3 is 0 Å². The first-order valence-corrected chi connectivity index (χ1v) is 10.9. The number of hydrogen-bond donors (Lipinski definition) is 0. The summed E-state index contributed by atoms with van der Waals surface area (Å²) >= 11 is 0. The zero-order valence-electron chi connectivity index (χ0n) is 17.0. The molecule has 5 heteroatoms. The van der Waals surface area contributed by atoms with Crippen molar-refractivity contribution in [2.45, 2.75) is 77.3 Å². The number of imidazole rings is 1. The number of amides is 1. The maximum Gasteiger partial charge on any atom is 0.223 e. The van der Waals surface area contributed by atoms with Crippen LogP contribution >= 0.6 is 0 Å². The van der Waals surface area contributed by atoms with Crippen molar-refractivity contribution in [1.29, 1.82) is 0 Å². The van der Waals surface area contributed by atoms with Gasteiger partial charge in [-0.1, -0.05) is 38.2 Å². The Kier molecular flexibility index (Phi) is 6.08. The summed E-state index contributed by atoms with van der Waals surface area (Å²) in [4.78, 5) is 24.1. The van der Waals surface area contributed by atoms with Gasteiger partial charge in [-0.05, 0) is 43.7 Å². The fraction of sp³-hybridized carbons (Fsp3) is 0.609. The molecule has 2 fully saturated rings. The third-order valence-electron chi connectivity index (χ3n) is 6.51. The minimum Gasteiger partial charge on any atom is -0.333 e. The van der Waals surface area contributed by atoms with Crippen molar-refractivity contribution in [3.05, 3.63) is 47.8 Å². The third-order valence-corrected chi connectivity index (χ3v) is 6.51. The maximum absolute atomic E-state index is 13.0. The lowest BCUT2D eigenvalue weighted by atomic mass is 9.86. The molecule has 0 aromatic carbocycles. The molecule has 1 saturated heterocycles. The van der Waals surface area contributed by atoms with Gasteiger partial charge in [0.25, 0.3) is 0 Å². The number of nitrogens with zero attached hydrogens (tertiary/aromatic N) is 4. The highest BCUT2D eigenvalue weighted by atomic mass is 16.2. The van der Waals surface area contributed by atoms with E-state index >= 15 is 0 Å². The van der Waals surface area contributed by atoms with Crippen LogP contribution in [0.3, 0.4) is 0 Å². The molecule has 2 aromatic rings. The fourth-order valence-corrected chi connectivity index (χ4v) is 4.91. The second kappa shape index (κ2) is 8.89. The Labute approximate surface area is 168 Å². The Morgan fingerprint density at radius 3 is 2.79 bits per heavy atom. The Hall–Kier alpha value is -2.17. The first-order chi connectivity index (χ1) is 13.7. The molecule has 1 unspecified atom stereocenters. The van der Waals surface area contributed by atoms with Crippen molar-refractivity contribution in [3.8, 4) is 0 Å². The number of aromatic nitrogens is 3. The van der Waals surface area contributed by atoms with Gasteiger partial charge in [-0.3, -0.25) is 9.78 Å². The predicted octanol–water partition coefficient (Wildman–Crippen LogP) is 4.66. The van der Waals surface area contributed by atoms with E-state index in [0.29, 0.717) is 12.3 Å². The van der Waals surface area contributed by atoms with Crippen LogP contribution in [0.25, 0.3) is 0 Å². The second-order valence-electron chi connectivity index (χ2n) is 8.49. The summed E-state index contributed by atoms with van der Waals surface area (Å²) in [6, 6.07) is 4.18. The summed E-state index contributed by atoms with van der Waals surface area (Å²) in [6.45, 7) is 3.72. The van der Waals surface area contributed by atoms with E-state index in [0.717, 1.165) is 55.4 Å². The van der Waals surface area contributed by atoms with Crippen LogP contribution in [-0.4, -0.2) is 31.9 Å². The van der Waals surface area contributed by atoms with E-state index in [1.807, 2.05) is 18.5 Å². The van der Waals surface area contributed by atoms with E-state index in [4.69, 9.17) is 4.98 Å². The molecule has 5 nitrogen and oxygen atoms in total. The van der Waals surface area contributed by atoms with Gasteiger partial charge < -0.3 is 9.47 Å². The lowest BCUT2D eigenvalue weighted by Crippen LogP contribution is -2.32. The molecular formula is C23H32N4O. The molecule has 150 valence electrons. The highest BCUT2D eigenvalue weighted by molar-refractivity contribution is 5.77. The van der Waals surface area contributed by atoms with Crippen LogP contribution in [0.15, 0.2) is 30.7 Å². The van der Waals surface area contributed by atoms with Crippen LogP contribution in [0.4, 0.5) is 0 Å². The molecule has 2 aromatic heterocycles. The van der Waals surface area contributed by atoms with Gasteiger partial charge in [0.1, 0.15) is 5.82 Å². The molecule has 28 heavy (non-hydrogen) atoms. The number of rotatable bonds is 6. The van der Waals surface area contributed by atoms with Crippen LogP contribution in [0.2, 0.25) is 0 Å². The standard InChI is InChI=1S/C23H32N4O/c1-18-15-25-23(27(18)17-20-9-5-13-24-16-20)21-10-6-14-26(21)22(28)12-11-19-7-3-2-4-8-19/h5,9,13,15-16,19,21H,2-4,6-8,10-12,14,17H2,1H3. The van der Waals surface area contributed by atoms with E-state index < -0.39 is 0 Å². The van der Waals surface area contributed by atoms with Gasteiger partial charge in [-0.2, -0.15) is 0 Å². The molecule has 0 N–H and O–H groups in total. The number of pyridine rings is 1. The minimum atomic E-state index is 0.115. The summed E-state index contributed by atoms with van der Waals surface area (Å²) in [7, 11) is 0. The van der Waals surface area contributed by atoms with Gasteiger partial charge in [-0.15, -0.1) is 0 Å². The van der Waals surface area contributed by atoms with Crippen molar-refractivity contribution >= 4 is 5.91 Å². The molecule has 1 aliphatic heterocycles. The highest BCUT2D eigenvalue weighted by Gasteiger charge is 2.33. The zero-order chi connectivity index (χ0) is 19.3. The summed E-state index contributed by atoms with van der Waals surface area (Å²) in [5.74, 6) is 2.11. The van der Waals surface area contributed by atoms with Gasteiger partial charge in [0.15, 0.2) is 0 Å². The van der Waals surface area contributed by atoms with Gasteiger partial charge in [-0.25, -0.2) is 4.98 Å². The van der Waals surface area contributed by atoms with Gasteiger partial charge in [0, 0.05) is 37.3 Å². The maximum atomic E-state index is 13.0. The van der Waals surface area contributed by atoms with Crippen molar-refractivity contribution in [2.24, 2.45) is 5.92 Å². The molecule has 1 amide bonds. The van der Waals surface area contributed by atoms with E-state index in [2.05, 4.69) is 27.4 Å². The van der Waals surface area contributed by atoms with Crippen molar-refractivity contribution < 1.29 is 4.79 Å². The molecule has 0 radical (unpaired) electrons. The minimum absolute atomic E-state index is 0.115. The van der Waals surface area contributed by atoms with Gasteiger partial charge in [0.2, 0.25) is 5.91 Å². The number of carbonyl (C=O) groups excluding carboxylic acids is 1. The van der Waals surface area contributed by atoms with Crippen LogP contribution < -0.4 is 0 Å². The monoisotopic (exact) mass is 380 g/mol. The smallest absolute Gasteiger partial charge is 0.223 e. The zero-order valence-corrected chi connectivity index (χ0v) is 17.0. The lowest BCUT2D eigenvalue weighted by molar-refractivity contribution is -0.132. The number of hydrogen-bond acceptors (Lipinski definition) is 3. The van der Waals surface area contributed by atoms with E-state index in [1.54, 1.807) is 6.20 Å². The molecule has 1 saturated carbocycles. The molecule has 1 atom stereocenters. The largest absolute Gasteiger partial charge is 0.333 e. The molecule has 2 aliphatic rings. The van der Waals surface area contributed by atoms with Crippen molar-refractivity contribution in [3.63, 3.8) is 0 Å². The summed E-state index contributed by atoms with van der Waals surface area (Å²) in [5.41, 5.74) is 2.30. The molecule has 0 spiro atoms. The first kappa shape index (κ1) is 19.2. The molecule has 4 rings (SSSR count). The third kappa shape index (κ3) is 4.29.